The van der Waals surface area contributed by atoms with Gasteiger partial charge < -0.3 is 11.1 Å². The molecule has 2 atom stereocenters. The highest BCUT2D eigenvalue weighted by Gasteiger charge is 2.30. The van der Waals surface area contributed by atoms with E-state index in [1.165, 1.54) is 0 Å². The molecule has 4 N–H and O–H groups in total. The molecule has 0 unspecified atom stereocenters. The first-order chi connectivity index (χ1) is 4.61. The van der Waals surface area contributed by atoms with Crippen LogP contribution in [0.2, 0.25) is 0 Å². The smallest absolute Gasteiger partial charge is 0.321 e. The van der Waals surface area contributed by atoms with Gasteiger partial charge in [0.1, 0.15) is 3.92 Å². The summed E-state index contributed by atoms with van der Waals surface area (Å²) in [5, 5.41) is 4.44. The average Bonchev–Trinajstić information content (AvgIpc) is 1.82. The predicted molar refractivity (Wildman–Crippen MR) is 42.5 cm³/mol. The summed E-state index contributed by atoms with van der Waals surface area (Å²) in [4.78, 5) is 21.3. The fourth-order valence-electron chi connectivity index (χ4n) is 0.605. The number of halogens is 1. The molecule has 0 aliphatic carbocycles. The molecule has 0 spiro atoms. The van der Waals surface area contributed by atoms with Crippen LogP contribution in [0.4, 0.5) is 4.79 Å². The Morgan fingerprint density at radius 2 is 2.10 bits per heavy atom. The van der Waals surface area contributed by atoms with Crippen LogP contribution in [-0.2, 0) is 4.79 Å². The highest BCUT2D eigenvalue weighted by atomic mass is 127. The molecule has 1 aliphatic heterocycles. The van der Waals surface area contributed by atoms with Crippen LogP contribution in [0.3, 0.4) is 0 Å². The van der Waals surface area contributed by atoms with Crippen molar-refractivity contribution in [3.63, 3.8) is 0 Å². The molecule has 0 aromatic heterocycles. The van der Waals surface area contributed by atoms with Crippen molar-refractivity contribution < 1.29 is 9.59 Å². The molecule has 6 heteroatoms. The van der Waals surface area contributed by atoms with Crippen molar-refractivity contribution in [2.75, 3.05) is 0 Å². The summed E-state index contributed by atoms with van der Waals surface area (Å²) in [5.74, 6) is -0.336. The van der Waals surface area contributed by atoms with Gasteiger partial charge in [-0.25, -0.2) is 4.79 Å². The van der Waals surface area contributed by atoms with E-state index >= 15 is 0 Å². The Morgan fingerprint density at radius 3 is 2.60 bits per heavy atom. The summed E-state index contributed by atoms with van der Waals surface area (Å²) < 4.78 is -0.379. The second-order valence-corrected chi connectivity index (χ2v) is 3.23. The molecule has 3 amide bonds. The molecule has 0 radical (unpaired) electrons. The van der Waals surface area contributed by atoms with Crippen LogP contribution >= 0.6 is 22.6 Å². The van der Waals surface area contributed by atoms with Gasteiger partial charge in [0.2, 0.25) is 5.91 Å². The van der Waals surface area contributed by atoms with Gasteiger partial charge in [-0.1, -0.05) is 22.6 Å². The minimum absolute atomic E-state index is 0.336. The number of nitrogens with two attached hydrogens (primary N) is 1. The third-order valence-electron chi connectivity index (χ3n) is 1.10. The van der Waals surface area contributed by atoms with Crippen molar-refractivity contribution in [2.24, 2.45) is 5.73 Å². The Bertz CT molecular complexity index is 183. The van der Waals surface area contributed by atoms with Crippen molar-refractivity contribution in [2.45, 2.75) is 10.1 Å². The van der Waals surface area contributed by atoms with Crippen LogP contribution in [0.1, 0.15) is 0 Å². The maximum absolute atomic E-state index is 10.8. The molecule has 10 heavy (non-hydrogen) atoms. The highest BCUT2D eigenvalue weighted by Crippen LogP contribution is 2.05. The van der Waals surface area contributed by atoms with Gasteiger partial charge in [0.25, 0.3) is 0 Å². The molecular weight excluding hydrogens is 249 g/mol. The van der Waals surface area contributed by atoms with E-state index in [1.807, 2.05) is 22.6 Å². The molecule has 5 nitrogen and oxygen atoms in total. The quantitative estimate of drug-likeness (QED) is 0.380. The van der Waals surface area contributed by atoms with Crippen molar-refractivity contribution in [3.05, 3.63) is 0 Å². The summed E-state index contributed by atoms with van der Waals surface area (Å²) in [7, 11) is 0. The average molecular weight is 255 g/mol. The molecule has 1 fully saturated rings. The van der Waals surface area contributed by atoms with Gasteiger partial charge in [-0.15, -0.1) is 0 Å². The van der Waals surface area contributed by atoms with E-state index in [9.17, 15) is 9.59 Å². The molecule has 1 aliphatic rings. The zero-order chi connectivity index (χ0) is 7.72. The lowest BCUT2D eigenvalue weighted by atomic mass is 10.3. The van der Waals surface area contributed by atoms with Crippen LogP contribution in [0, 0.1) is 0 Å². The van der Waals surface area contributed by atoms with E-state index in [0.29, 0.717) is 0 Å². The minimum Gasteiger partial charge on any atom is -0.321 e. The van der Waals surface area contributed by atoms with Crippen molar-refractivity contribution >= 4 is 34.5 Å². The van der Waals surface area contributed by atoms with E-state index in [-0.39, 0.29) is 9.83 Å². The van der Waals surface area contributed by atoms with Crippen molar-refractivity contribution in [1.29, 1.82) is 0 Å². The van der Waals surface area contributed by atoms with Gasteiger partial charge in [0, 0.05) is 0 Å². The number of urea groups is 1. The Balaban J connectivity index is 2.66. The van der Waals surface area contributed by atoms with E-state index in [0.717, 1.165) is 0 Å². The van der Waals surface area contributed by atoms with Crippen LogP contribution in [0.5, 0.6) is 0 Å². The van der Waals surface area contributed by atoms with Crippen LogP contribution in [0.25, 0.3) is 0 Å². The van der Waals surface area contributed by atoms with Gasteiger partial charge >= 0.3 is 6.03 Å². The number of carbonyl (C=O) groups excluding carboxylic acids is 2. The van der Waals surface area contributed by atoms with Gasteiger partial charge in [0.15, 0.2) is 0 Å². The van der Waals surface area contributed by atoms with Crippen molar-refractivity contribution in [3.8, 4) is 0 Å². The van der Waals surface area contributed by atoms with Crippen LogP contribution in [0.15, 0.2) is 0 Å². The van der Waals surface area contributed by atoms with E-state index in [2.05, 4.69) is 10.6 Å². The van der Waals surface area contributed by atoms with Crippen molar-refractivity contribution in [1.82, 2.24) is 10.6 Å². The summed E-state index contributed by atoms with van der Waals surface area (Å²) in [5.41, 5.74) is 5.36. The molecule has 1 rings (SSSR count). The van der Waals surface area contributed by atoms with Gasteiger partial charge in [0.05, 0.1) is 6.17 Å². The number of hydrogen-bond acceptors (Lipinski definition) is 3. The van der Waals surface area contributed by atoms with Crippen LogP contribution in [-0.4, -0.2) is 22.0 Å². The third-order valence-corrected chi connectivity index (χ3v) is 2.44. The Hall–Kier alpha value is -0.370. The Kier molecular flexibility index (Phi) is 2.09. The predicted octanol–water partition coefficient (Wildman–Crippen LogP) is -1.09. The molecule has 0 saturated carbocycles. The zero-order valence-electron chi connectivity index (χ0n) is 4.93. The summed E-state index contributed by atoms with van der Waals surface area (Å²) in [6, 6.07) is -0.523. The largest absolute Gasteiger partial charge is 0.322 e. The number of rotatable bonds is 0. The lowest BCUT2D eigenvalue weighted by Crippen LogP contribution is -2.62. The molecule has 1 saturated heterocycles. The highest BCUT2D eigenvalue weighted by molar-refractivity contribution is 14.1. The Morgan fingerprint density at radius 1 is 1.50 bits per heavy atom. The number of carbonyl (C=O) groups is 2. The lowest BCUT2D eigenvalue weighted by Gasteiger charge is -2.23. The standard InChI is InChI=1S/C4H6IN3O2/c5-1-2(6)7-4(10)8-3(1)9/h1-2H,6H2,(H2,7,8,9,10)/t1-,2+/m1/s1. The summed E-state index contributed by atoms with van der Waals surface area (Å²) >= 11 is 1.87. The first-order valence-corrected chi connectivity index (χ1v) is 3.87. The SMILES string of the molecule is N[C@H]1NC(=O)NC(=O)[C@@H]1I. The monoisotopic (exact) mass is 255 g/mol. The first kappa shape index (κ1) is 7.73. The van der Waals surface area contributed by atoms with E-state index in [1.54, 1.807) is 0 Å². The number of imide groups is 1. The molecule has 0 aromatic rings. The van der Waals surface area contributed by atoms with Gasteiger partial charge in [-0.05, 0) is 0 Å². The second-order valence-electron chi connectivity index (χ2n) is 1.89. The fraction of sp³-hybridized carbons (Fsp3) is 0.500. The van der Waals surface area contributed by atoms with Crippen LogP contribution < -0.4 is 16.4 Å². The first-order valence-electron chi connectivity index (χ1n) is 2.62. The summed E-state index contributed by atoms with van der Waals surface area (Å²) in [6.45, 7) is 0. The minimum atomic E-state index is -0.568. The maximum Gasteiger partial charge on any atom is 0.322 e. The van der Waals surface area contributed by atoms with E-state index in [4.69, 9.17) is 5.73 Å². The fourth-order valence-corrected chi connectivity index (χ4v) is 0.940. The zero-order valence-corrected chi connectivity index (χ0v) is 7.08. The number of hydrogen-bond donors (Lipinski definition) is 3. The van der Waals surface area contributed by atoms with Gasteiger partial charge in [-0.3, -0.25) is 10.1 Å². The van der Waals surface area contributed by atoms with Gasteiger partial charge in [-0.2, -0.15) is 0 Å². The normalized spacial score (nSPS) is 33.0. The maximum atomic E-state index is 10.8. The molecule has 0 bridgehead atoms. The Labute approximate surface area is 70.9 Å². The third kappa shape index (κ3) is 1.37. The number of amides is 3. The molecule has 0 aromatic carbocycles. The summed E-state index contributed by atoms with van der Waals surface area (Å²) in [6.07, 6.45) is -0.568. The lowest BCUT2D eigenvalue weighted by molar-refractivity contribution is -0.120. The molecule has 56 valence electrons. The number of nitrogens with one attached hydrogen (secondary N) is 2. The topological polar surface area (TPSA) is 84.2 Å². The second kappa shape index (κ2) is 2.70. The molecule has 1 heterocycles. The van der Waals surface area contributed by atoms with E-state index < -0.39 is 12.2 Å². The molecular formula is C4H6IN3O2. The number of alkyl halides is 1.